The molecule has 3 heterocycles. The number of fused-ring (bicyclic) bond motifs is 1. The second-order valence-corrected chi connectivity index (χ2v) is 7.37. The summed E-state index contributed by atoms with van der Waals surface area (Å²) in [7, 11) is 1.65. The summed E-state index contributed by atoms with van der Waals surface area (Å²) < 4.78 is 47.5. The Morgan fingerprint density at radius 3 is 2.52 bits per heavy atom. The summed E-state index contributed by atoms with van der Waals surface area (Å²) >= 11 is 0. The van der Waals surface area contributed by atoms with Crippen molar-refractivity contribution in [3.8, 4) is 29.0 Å². The summed E-state index contributed by atoms with van der Waals surface area (Å²) in [5.74, 6) is 0.722. The fraction of sp³-hybridized carbons (Fsp3) is 0.217. The molecule has 0 amide bonds. The molecular weight excluding hydrogens is 435 g/mol. The Labute approximate surface area is 186 Å². The first kappa shape index (κ1) is 22.1. The molecular formula is C23H18F3N5O2. The monoisotopic (exact) mass is 453 g/mol. The maximum absolute atomic E-state index is 12.8. The Hall–Kier alpha value is -4.13. The van der Waals surface area contributed by atoms with Crippen LogP contribution in [-0.2, 0) is 19.8 Å². The van der Waals surface area contributed by atoms with Crippen LogP contribution in [0.15, 0.2) is 53.5 Å². The van der Waals surface area contributed by atoms with Crippen molar-refractivity contribution in [2.24, 2.45) is 7.05 Å². The number of ether oxygens (including phenoxy) is 1. The van der Waals surface area contributed by atoms with Crippen molar-refractivity contribution in [2.45, 2.75) is 26.1 Å². The van der Waals surface area contributed by atoms with Gasteiger partial charge < -0.3 is 13.9 Å². The van der Waals surface area contributed by atoms with E-state index in [1.54, 1.807) is 26.1 Å². The van der Waals surface area contributed by atoms with Crippen molar-refractivity contribution in [3.05, 3.63) is 70.4 Å². The number of pyridine rings is 1. The highest BCUT2D eigenvalue weighted by molar-refractivity contribution is 5.92. The molecule has 0 aliphatic heterocycles. The van der Waals surface area contributed by atoms with Gasteiger partial charge in [0.2, 0.25) is 5.88 Å². The van der Waals surface area contributed by atoms with E-state index >= 15 is 0 Å². The number of rotatable bonds is 5. The lowest BCUT2D eigenvalue weighted by Crippen LogP contribution is -2.15. The number of hydrogen-bond acceptors (Lipinski definition) is 5. The summed E-state index contributed by atoms with van der Waals surface area (Å²) in [4.78, 5) is 21.0. The molecule has 0 aliphatic carbocycles. The van der Waals surface area contributed by atoms with E-state index in [0.717, 1.165) is 17.6 Å². The number of halogens is 3. The largest absolute Gasteiger partial charge is 0.439 e. The third-order valence-corrected chi connectivity index (χ3v) is 5.10. The molecule has 1 aromatic carbocycles. The quantitative estimate of drug-likeness (QED) is 0.432. The molecule has 0 saturated carbocycles. The second kappa shape index (κ2) is 8.43. The fourth-order valence-corrected chi connectivity index (χ4v) is 3.57. The van der Waals surface area contributed by atoms with Gasteiger partial charge in [-0.1, -0.05) is 0 Å². The molecule has 7 nitrogen and oxygen atoms in total. The van der Waals surface area contributed by atoms with E-state index in [9.17, 15) is 18.0 Å². The summed E-state index contributed by atoms with van der Waals surface area (Å²) in [6, 6.07) is 11.1. The zero-order chi connectivity index (χ0) is 23.8. The van der Waals surface area contributed by atoms with Crippen LogP contribution in [0.3, 0.4) is 0 Å². The second-order valence-electron chi connectivity index (χ2n) is 7.37. The van der Waals surface area contributed by atoms with Crippen LogP contribution < -0.4 is 10.3 Å². The summed E-state index contributed by atoms with van der Waals surface area (Å²) in [6.07, 6.45) is -2.34. The molecule has 0 atom stereocenters. The number of nitriles is 1. The van der Waals surface area contributed by atoms with Crippen molar-refractivity contribution in [1.29, 1.82) is 5.26 Å². The molecule has 0 N–H and O–H groups in total. The highest BCUT2D eigenvalue weighted by Gasteiger charge is 2.30. The van der Waals surface area contributed by atoms with E-state index in [2.05, 4.69) is 16.0 Å². The first-order valence-electron chi connectivity index (χ1n) is 9.94. The number of hydrogen-bond donors (Lipinski definition) is 0. The van der Waals surface area contributed by atoms with E-state index in [1.807, 2.05) is 10.8 Å². The van der Waals surface area contributed by atoms with Crippen molar-refractivity contribution in [3.63, 3.8) is 0 Å². The van der Waals surface area contributed by atoms with Crippen molar-refractivity contribution in [2.75, 3.05) is 0 Å². The smallest absolute Gasteiger partial charge is 0.416 e. The molecule has 10 heteroatoms. The standard InChI is InChI=1S/C23H18F3N5O2/c1-14-28-18(12-20(29-14)33-16-6-4-15(5-7-16)23(24,25)26)17-13-31(11-3-10-27)19-8-9-21(32)30(2)22(17)19/h4-9,12-13H,3,11H2,1-2H3. The average Bonchev–Trinajstić information content (AvgIpc) is 3.13. The summed E-state index contributed by atoms with van der Waals surface area (Å²) in [5, 5.41) is 8.98. The Kier molecular flexibility index (Phi) is 5.64. The van der Waals surface area contributed by atoms with Gasteiger partial charge in [0.05, 0.1) is 34.8 Å². The van der Waals surface area contributed by atoms with Crippen LogP contribution in [0, 0.1) is 18.3 Å². The Balaban J connectivity index is 1.77. The molecule has 0 fully saturated rings. The van der Waals surface area contributed by atoms with Crippen LogP contribution in [0.25, 0.3) is 22.3 Å². The summed E-state index contributed by atoms with van der Waals surface area (Å²) in [6.45, 7) is 2.10. The lowest BCUT2D eigenvalue weighted by Gasteiger charge is -2.10. The van der Waals surface area contributed by atoms with Gasteiger partial charge in [-0.05, 0) is 37.3 Å². The SMILES string of the molecule is Cc1nc(Oc2ccc(C(F)(F)F)cc2)cc(-c2cn(CCC#N)c3ccc(=O)n(C)c23)n1. The molecule has 4 rings (SSSR count). The van der Waals surface area contributed by atoms with Gasteiger partial charge in [0, 0.05) is 37.5 Å². The molecule has 3 aromatic heterocycles. The number of aromatic nitrogens is 4. The number of nitrogens with zero attached hydrogens (tertiary/aromatic N) is 5. The van der Waals surface area contributed by atoms with Gasteiger partial charge in [-0.3, -0.25) is 4.79 Å². The molecule has 4 aromatic rings. The molecule has 0 radical (unpaired) electrons. The number of alkyl halides is 3. The molecule has 0 aliphatic rings. The van der Waals surface area contributed by atoms with E-state index in [-0.39, 0.29) is 23.6 Å². The van der Waals surface area contributed by atoms with Crippen molar-refractivity contribution < 1.29 is 17.9 Å². The fourth-order valence-electron chi connectivity index (χ4n) is 3.57. The molecule has 0 saturated heterocycles. The van der Waals surface area contributed by atoms with Crippen LogP contribution in [0.5, 0.6) is 11.6 Å². The third kappa shape index (κ3) is 4.43. The van der Waals surface area contributed by atoms with Gasteiger partial charge in [-0.2, -0.15) is 23.4 Å². The predicted octanol–water partition coefficient (Wildman–Crippen LogP) is 4.83. The Morgan fingerprint density at radius 1 is 1.12 bits per heavy atom. The van der Waals surface area contributed by atoms with Gasteiger partial charge in [-0.25, -0.2) is 4.98 Å². The number of benzene rings is 1. The molecule has 0 bridgehead atoms. The minimum absolute atomic E-state index is 0.149. The molecule has 0 unspecified atom stereocenters. The lowest BCUT2D eigenvalue weighted by atomic mass is 10.2. The zero-order valence-electron chi connectivity index (χ0n) is 17.7. The van der Waals surface area contributed by atoms with E-state index in [4.69, 9.17) is 10.00 Å². The maximum Gasteiger partial charge on any atom is 0.416 e. The Bertz CT molecular complexity index is 1430. The third-order valence-electron chi connectivity index (χ3n) is 5.10. The van der Waals surface area contributed by atoms with Gasteiger partial charge in [0.1, 0.15) is 11.6 Å². The van der Waals surface area contributed by atoms with Crippen molar-refractivity contribution >= 4 is 11.0 Å². The topological polar surface area (TPSA) is 85.7 Å². The van der Waals surface area contributed by atoms with E-state index in [1.165, 1.54) is 22.8 Å². The van der Waals surface area contributed by atoms with Crippen LogP contribution >= 0.6 is 0 Å². The number of aryl methyl sites for hydroxylation is 3. The van der Waals surface area contributed by atoms with Crippen molar-refractivity contribution in [1.82, 2.24) is 19.1 Å². The average molecular weight is 453 g/mol. The van der Waals surface area contributed by atoms with E-state index < -0.39 is 11.7 Å². The first-order chi connectivity index (χ1) is 15.7. The van der Waals surface area contributed by atoms with Gasteiger partial charge in [0.25, 0.3) is 5.56 Å². The minimum Gasteiger partial charge on any atom is -0.439 e. The molecule has 168 valence electrons. The van der Waals surface area contributed by atoms with Crippen LogP contribution in [0.1, 0.15) is 17.8 Å². The van der Waals surface area contributed by atoms with Gasteiger partial charge in [-0.15, -0.1) is 0 Å². The summed E-state index contributed by atoms with van der Waals surface area (Å²) in [5.41, 5.74) is 1.55. The van der Waals surface area contributed by atoms with Gasteiger partial charge in [0.15, 0.2) is 0 Å². The highest BCUT2D eigenvalue weighted by atomic mass is 19.4. The van der Waals surface area contributed by atoms with Crippen LogP contribution in [0.4, 0.5) is 13.2 Å². The predicted molar refractivity (Wildman–Crippen MR) is 115 cm³/mol. The normalized spacial score (nSPS) is 11.5. The van der Waals surface area contributed by atoms with Crippen LogP contribution in [0.2, 0.25) is 0 Å². The Morgan fingerprint density at radius 2 is 1.85 bits per heavy atom. The zero-order valence-corrected chi connectivity index (χ0v) is 17.7. The minimum atomic E-state index is -4.44. The lowest BCUT2D eigenvalue weighted by molar-refractivity contribution is -0.137. The first-order valence-corrected chi connectivity index (χ1v) is 9.94. The maximum atomic E-state index is 12.8. The van der Waals surface area contributed by atoms with E-state index in [0.29, 0.717) is 29.1 Å². The highest BCUT2D eigenvalue weighted by Crippen LogP contribution is 2.33. The van der Waals surface area contributed by atoms with Gasteiger partial charge >= 0.3 is 6.18 Å². The molecule has 0 spiro atoms. The molecule has 33 heavy (non-hydrogen) atoms. The van der Waals surface area contributed by atoms with Crippen LogP contribution in [-0.4, -0.2) is 19.1 Å².